The van der Waals surface area contributed by atoms with Crippen molar-refractivity contribution in [2.24, 2.45) is 0 Å². The lowest BCUT2D eigenvalue weighted by atomic mass is 9.79. The summed E-state index contributed by atoms with van der Waals surface area (Å²) in [6.45, 7) is 17.2. The lowest BCUT2D eigenvalue weighted by molar-refractivity contribution is 0.0519. The second-order valence-electron chi connectivity index (χ2n) is 8.95. The van der Waals surface area contributed by atoms with Crippen LogP contribution in [0.15, 0.2) is 0 Å². The molecule has 1 aliphatic heterocycles. The first kappa shape index (κ1) is 19.2. The molecule has 0 aliphatic carbocycles. The number of rotatable bonds is 4. The SMILES string of the molecule is CC(CNC(=O)OC(C)(C)C)NC1CC(C)(C)NC(C)(C)C1. The van der Waals surface area contributed by atoms with Gasteiger partial charge in [-0.15, -0.1) is 0 Å². The van der Waals surface area contributed by atoms with Crippen LogP contribution < -0.4 is 16.0 Å². The van der Waals surface area contributed by atoms with Gasteiger partial charge in [0.15, 0.2) is 0 Å². The average Bonchev–Trinajstić information content (AvgIpc) is 2.19. The molecule has 5 nitrogen and oxygen atoms in total. The normalized spacial score (nSPS) is 22.9. The van der Waals surface area contributed by atoms with E-state index in [0.717, 1.165) is 12.8 Å². The van der Waals surface area contributed by atoms with E-state index in [2.05, 4.69) is 50.6 Å². The molecule has 22 heavy (non-hydrogen) atoms. The number of carbonyl (C=O) groups is 1. The first-order chi connectivity index (χ1) is 9.78. The number of carbonyl (C=O) groups excluding carboxylic acids is 1. The van der Waals surface area contributed by atoms with E-state index < -0.39 is 5.60 Å². The Hall–Kier alpha value is -0.810. The van der Waals surface area contributed by atoms with Gasteiger partial charge in [-0.2, -0.15) is 0 Å². The number of amides is 1. The van der Waals surface area contributed by atoms with Gasteiger partial charge in [-0.25, -0.2) is 4.79 Å². The molecule has 1 saturated heterocycles. The Morgan fingerprint density at radius 2 is 1.73 bits per heavy atom. The van der Waals surface area contributed by atoms with Gasteiger partial charge in [-0.05, 0) is 68.2 Å². The Kier molecular flexibility index (Phi) is 5.90. The molecular weight excluding hydrogens is 278 g/mol. The lowest BCUT2D eigenvalue weighted by Gasteiger charge is -2.47. The van der Waals surface area contributed by atoms with Crippen molar-refractivity contribution < 1.29 is 9.53 Å². The molecule has 1 atom stereocenters. The second kappa shape index (κ2) is 6.75. The molecule has 1 amide bonds. The van der Waals surface area contributed by atoms with Gasteiger partial charge in [0.05, 0.1) is 0 Å². The highest BCUT2D eigenvalue weighted by molar-refractivity contribution is 5.67. The Bertz CT molecular complexity index is 370. The quantitative estimate of drug-likeness (QED) is 0.747. The largest absolute Gasteiger partial charge is 0.444 e. The van der Waals surface area contributed by atoms with Crippen LogP contribution in [0, 0.1) is 0 Å². The van der Waals surface area contributed by atoms with E-state index in [4.69, 9.17) is 4.74 Å². The van der Waals surface area contributed by atoms with Gasteiger partial charge in [-0.3, -0.25) is 0 Å². The number of ether oxygens (including phenoxy) is 1. The lowest BCUT2D eigenvalue weighted by Crippen LogP contribution is -2.62. The van der Waals surface area contributed by atoms with E-state index in [1.54, 1.807) is 0 Å². The fraction of sp³-hybridized carbons (Fsp3) is 0.941. The third-order valence-electron chi connectivity index (χ3n) is 3.66. The van der Waals surface area contributed by atoms with Gasteiger partial charge in [0.2, 0.25) is 0 Å². The Labute approximate surface area is 135 Å². The van der Waals surface area contributed by atoms with Gasteiger partial charge in [-0.1, -0.05) is 0 Å². The molecule has 0 saturated carbocycles. The van der Waals surface area contributed by atoms with Gasteiger partial charge >= 0.3 is 6.09 Å². The highest BCUT2D eigenvalue weighted by atomic mass is 16.6. The van der Waals surface area contributed by atoms with Crippen LogP contribution in [0.2, 0.25) is 0 Å². The highest BCUT2D eigenvalue weighted by Crippen LogP contribution is 2.28. The molecule has 1 fully saturated rings. The van der Waals surface area contributed by atoms with E-state index in [1.807, 2.05) is 20.8 Å². The van der Waals surface area contributed by atoms with Crippen molar-refractivity contribution in [3.8, 4) is 0 Å². The molecule has 130 valence electrons. The summed E-state index contributed by atoms with van der Waals surface area (Å²) in [5, 5.41) is 10.2. The Balaban J connectivity index is 2.41. The average molecular weight is 313 g/mol. The zero-order valence-corrected chi connectivity index (χ0v) is 15.6. The van der Waals surface area contributed by atoms with E-state index in [1.165, 1.54) is 0 Å². The van der Waals surface area contributed by atoms with Crippen molar-refractivity contribution >= 4 is 6.09 Å². The molecule has 1 aliphatic rings. The highest BCUT2D eigenvalue weighted by Gasteiger charge is 2.37. The molecule has 0 aromatic carbocycles. The fourth-order valence-electron chi connectivity index (χ4n) is 3.45. The molecule has 0 spiro atoms. The molecule has 1 heterocycles. The minimum absolute atomic E-state index is 0.123. The van der Waals surface area contributed by atoms with Crippen molar-refractivity contribution in [3.05, 3.63) is 0 Å². The number of hydrogen-bond acceptors (Lipinski definition) is 4. The minimum Gasteiger partial charge on any atom is -0.444 e. The fourth-order valence-corrected chi connectivity index (χ4v) is 3.45. The maximum Gasteiger partial charge on any atom is 0.407 e. The minimum atomic E-state index is -0.455. The van der Waals surface area contributed by atoms with Crippen LogP contribution >= 0.6 is 0 Å². The summed E-state index contributed by atoms with van der Waals surface area (Å²) in [5.74, 6) is 0. The third-order valence-corrected chi connectivity index (χ3v) is 3.66. The van der Waals surface area contributed by atoms with Gasteiger partial charge < -0.3 is 20.7 Å². The van der Waals surface area contributed by atoms with Crippen molar-refractivity contribution in [3.63, 3.8) is 0 Å². The summed E-state index contributed by atoms with van der Waals surface area (Å²) in [4.78, 5) is 11.7. The Morgan fingerprint density at radius 3 is 2.18 bits per heavy atom. The molecule has 0 bridgehead atoms. The van der Waals surface area contributed by atoms with Crippen LogP contribution in [0.25, 0.3) is 0 Å². The summed E-state index contributed by atoms with van der Waals surface area (Å²) in [5.41, 5.74) is -0.209. The van der Waals surface area contributed by atoms with Crippen molar-refractivity contribution in [2.45, 2.75) is 97.0 Å². The predicted octanol–water partition coefficient (Wildman–Crippen LogP) is 2.80. The molecule has 1 unspecified atom stereocenters. The van der Waals surface area contributed by atoms with E-state index in [9.17, 15) is 4.79 Å². The van der Waals surface area contributed by atoms with Crippen LogP contribution in [0.5, 0.6) is 0 Å². The smallest absolute Gasteiger partial charge is 0.407 e. The zero-order chi connectivity index (χ0) is 17.2. The van der Waals surface area contributed by atoms with E-state index in [0.29, 0.717) is 12.6 Å². The maximum atomic E-state index is 11.7. The number of hydrogen-bond donors (Lipinski definition) is 3. The molecule has 0 radical (unpaired) electrons. The monoisotopic (exact) mass is 313 g/mol. The summed E-state index contributed by atoms with van der Waals surface area (Å²) in [7, 11) is 0. The first-order valence-corrected chi connectivity index (χ1v) is 8.30. The summed E-state index contributed by atoms with van der Waals surface area (Å²) >= 11 is 0. The zero-order valence-electron chi connectivity index (χ0n) is 15.6. The third kappa shape index (κ3) is 7.45. The second-order valence-corrected chi connectivity index (χ2v) is 8.95. The molecule has 1 rings (SSSR count). The molecule has 5 heteroatoms. The van der Waals surface area contributed by atoms with Gasteiger partial charge in [0.25, 0.3) is 0 Å². The van der Waals surface area contributed by atoms with Crippen molar-refractivity contribution in [1.82, 2.24) is 16.0 Å². The molecule has 0 aromatic rings. The van der Waals surface area contributed by atoms with Gasteiger partial charge in [0.1, 0.15) is 5.60 Å². The maximum absolute atomic E-state index is 11.7. The standard InChI is InChI=1S/C17H35N3O2/c1-12(11-18-14(21)22-15(2,3)4)19-13-9-16(5,6)20-17(7,8)10-13/h12-13,19-20H,9-11H2,1-8H3,(H,18,21). The van der Waals surface area contributed by atoms with E-state index >= 15 is 0 Å². The molecule has 0 aromatic heterocycles. The number of alkyl carbamates (subject to hydrolysis) is 1. The molecule has 3 N–H and O–H groups in total. The van der Waals surface area contributed by atoms with Crippen LogP contribution in [-0.2, 0) is 4.74 Å². The van der Waals surface area contributed by atoms with Crippen LogP contribution in [0.1, 0.15) is 68.2 Å². The summed E-state index contributed by atoms with van der Waals surface area (Å²) in [6.07, 6.45) is 1.80. The van der Waals surface area contributed by atoms with Crippen LogP contribution in [0.3, 0.4) is 0 Å². The van der Waals surface area contributed by atoms with Crippen molar-refractivity contribution in [2.75, 3.05) is 6.54 Å². The summed E-state index contributed by atoms with van der Waals surface area (Å²) < 4.78 is 5.26. The van der Waals surface area contributed by atoms with Crippen LogP contribution in [-0.4, -0.2) is 41.4 Å². The first-order valence-electron chi connectivity index (χ1n) is 8.30. The number of piperidine rings is 1. The molecular formula is C17H35N3O2. The predicted molar refractivity (Wildman–Crippen MR) is 91.2 cm³/mol. The van der Waals surface area contributed by atoms with E-state index in [-0.39, 0.29) is 23.2 Å². The van der Waals surface area contributed by atoms with Crippen LogP contribution in [0.4, 0.5) is 4.79 Å². The van der Waals surface area contributed by atoms with Gasteiger partial charge in [0, 0.05) is 29.7 Å². The van der Waals surface area contributed by atoms with Crippen molar-refractivity contribution in [1.29, 1.82) is 0 Å². The Morgan fingerprint density at radius 1 is 1.23 bits per heavy atom. The summed E-state index contributed by atoms with van der Waals surface area (Å²) in [6, 6.07) is 0.656. The topological polar surface area (TPSA) is 62.4 Å². The number of nitrogens with one attached hydrogen (secondary N) is 3.